The number of thioether (sulfide) groups is 1. The summed E-state index contributed by atoms with van der Waals surface area (Å²) >= 11 is 1.65. The van der Waals surface area contributed by atoms with Gasteiger partial charge in [-0.15, -0.1) is 11.8 Å². The largest absolute Gasteiger partial charge is 0.354 e. The van der Waals surface area contributed by atoms with Crippen molar-refractivity contribution in [2.24, 2.45) is 0 Å². The summed E-state index contributed by atoms with van der Waals surface area (Å²) in [5.74, 6) is 0.543. The van der Waals surface area contributed by atoms with Crippen LogP contribution in [0.15, 0.2) is 65.6 Å². The summed E-state index contributed by atoms with van der Waals surface area (Å²) in [7, 11) is 0. The van der Waals surface area contributed by atoms with Gasteiger partial charge in [0.25, 0.3) is 5.91 Å². The maximum Gasteiger partial charge on any atom is 0.325 e. The molecule has 2 aliphatic rings. The molecule has 1 aliphatic carbocycles. The number of benzene rings is 2. The lowest BCUT2D eigenvalue weighted by atomic mass is 9.74. The van der Waals surface area contributed by atoms with Crippen molar-refractivity contribution in [2.75, 3.05) is 18.8 Å². The van der Waals surface area contributed by atoms with E-state index in [4.69, 9.17) is 0 Å². The second-order valence-corrected chi connectivity index (χ2v) is 9.27. The molecule has 0 atom stereocenters. The van der Waals surface area contributed by atoms with Crippen LogP contribution in [0.5, 0.6) is 0 Å². The number of carbonyl (C=O) groups excluding carboxylic acids is 3. The van der Waals surface area contributed by atoms with Crippen molar-refractivity contribution in [3.05, 3.63) is 66.2 Å². The third kappa shape index (κ3) is 4.93. The SMILES string of the molecule is O=C(CN1C(=O)NC2(CCC(c3ccccc3)CC2)C1=O)NCCSc1ccccc1. The Morgan fingerprint density at radius 3 is 2.35 bits per heavy atom. The van der Waals surface area contributed by atoms with Crippen LogP contribution in [0.25, 0.3) is 0 Å². The molecule has 31 heavy (non-hydrogen) atoms. The summed E-state index contributed by atoms with van der Waals surface area (Å²) in [6.07, 6.45) is 2.88. The standard InChI is InChI=1S/C24H27N3O3S/c28-21(25-15-16-31-20-9-5-2-6-10-20)17-27-22(29)24(26-23(27)30)13-11-19(12-14-24)18-7-3-1-4-8-18/h1-10,19H,11-17H2,(H,25,28)(H,26,30). The molecule has 4 amide bonds. The van der Waals surface area contributed by atoms with Gasteiger partial charge in [-0.3, -0.25) is 14.5 Å². The summed E-state index contributed by atoms with van der Waals surface area (Å²) in [5, 5.41) is 5.70. The second kappa shape index (κ2) is 9.56. The van der Waals surface area contributed by atoms with Gasteiger partial charge in [0.1, 0.15) is 12.1 Å². The van der Waals surface area contributed by atoms with E-state index in [1.54, 1.807) is 11.8 Å². The monoisotopic (exact) mass is 437 g/mol. The van der Waals surface area contributed by atoms with Crippen LogP contribution in [0.2, 0.25) is 0 Å². The molecule has 0 radical (unpaired) electrons. The maximum absolute atomic E-state index is 13.0. The highest BCUT2D eigenvalue weighted by Gasteiger charge is 2.52. The molecule has 7 heteroatoms. The minimum Gasteiger partial charge on any atom is -0.354 e. The number of nitrogens with zero attached hydrogens (tertiary/aromatic N) is 1. The van der Waals surface area contributed by atoms with Crippen molar-refractivity contribution in [1.29, 1.82) is 0 Å². The Balaban J connectivity index is 1.26. The zero-order valence-electron chi connectivity index (χ0n) is 17.4. The molecule has 1 aliphatic heterocycles. The van der Waals surface area contributed by atoms with Crippen molar-refractivity contribution in [3.8, 4) is 0 Å². The first kappa shape index (κ1) is 21.4. The van der Waals surface area contributed by atoms with Gasteiger partial charge in [-0.05, 0) is 49.3 Å². The topological polar surface area (TPSA) is 78.5 Å². The summed E-state index contributed by atoms with van der Waals surface area (Å²) in [4.78, 5) is 40.0. The second-order valence-electron chi connectivity index (χ2n) is 8.10. The fourth-order valence-corrected chi connectivity index (χ4v) is 5.19. The summed E-state index contributed by atoms with van der Waals surface area (Å²) in [6.45, 7) is 0.247. The summed E-state index contributed by atoms with van der Waals surface area (Å²) in [5.41, 5.74) is 0.421. The number of urea groups is 1. The molecule has 1 saturated carbocycles. The number of rotatable bonds is 7. The molecule has 2 fully saturated rings. The van der Waals surface area contributed by atoms with Gasteiger partial charge in [0, 0.05) is 17.2 Å². The lowest BCUT2D eigenvalue weighted by molar-refractivity contribution is -0.135. The van der Waals surface area contributed by atoms with Gasteiger partial charge in [-0.1, -0.05) is 48.5 Å². The fourth-order valence-electron chi connectivity index (χ4n) is 4.40. The Kier molecular flexibility index (Phi) is 6.61. The third-order valence-electron chi connectivity index (χ3n) is 6.09. The minimum atomic E-state index is -0.855. The van der Waals surface area contributed by atoms with Crippen molar-refractivity contribution in [3.63, 3.8) is 0 Å². The predicted octanol–water partition coefficient (Wildman–Crippen LogP) is 3.54. The van der Waals surface area contributed by atoms with Gasteiger partial charge in [-0.25, -0.2) is 4.79 Å². The molecule has 0 bridgehead atoms. The number of carbonyl (C=O) groups is 3. The van der Waals surface area contributed by atoms with Crippen molar-refractivity contribution in [2.45, 2.75) is 42.0 Å². The first-order valence-electron chi connectivity index (χ1n) is 10.7. The first-order chi connectivity index (χ1) is 15.1. The molecule has 4 rings (SSSR count). The molecule has 1 heterocycles. The van der Waals surface area contributed by atoms with Gasteiger partial charge in [0.05, 0.1) is 0 Å². The number of hydrogen-bond acceptors (Lipinski definition) is 4. The van der Waals surface area contributed by atoms with Crippen LogP contribution in [0.4, 0.5) is 4.79 Å². The number of amides is 4. The summed E-state index contributed by atoms with van der Waals surface area (Å²) in [6, 6.07) is 19.8. The normalized spacial score (nSPS) is 23.1. The Bertz CT molecular complexity index is 928. The van der Waals surface area contributed by atoms with Crippen LogP contribution in [0, 0.1) is 0 Å². The molecule has 2 N–H and O–H groups in total. The highest BCUT2D eigenvalue weighted by atomic mass is 32.2. The van der Waals surface area contributed by atoms with Crippen molar-refractivity contribution < 1.29 is 14.4 Å². The zero-order chi connectivity index (χ0) is 21.7. The van der Waals surface area contributed by atoms with Crippen LogP contribution < -0.4 is 10.6 Å². The van der Waals surface area contributed by atoms with Crippen LogP contribution in [-0.2, 0) is 9.59 Å². The predicted molar refractivity (Wildman–Crippen MR) is 121 cm³/mol. The van der Waals surface area contributed by atoms with E-state index in [0.717, 1.165) is 28.4 Å². The molecule has 0 aromatic heterocycles. The lowest BCUT2D eigenvalue weighted by Crippen LogP contribution is -2.49. The molecule has 2 aromatic rings. The van der Waals surface area contributed by atoms with E-state index >= 15 is 0 Å². The van der Waals surface area contributed by atoms with E-state index < -0.39 is 11.6 Å². The molecule has 162 valence electrons. The Morgan fingerprint density at radius 1 is 1.03 bits per heavy atom. The Morgan fingerprint density at radius 2 is 1.68 bits per heavy atom. The minimum absolute atomic E-state index is 0.232. The molecule has 6 nitrogen and oxygen atoms in total. The molecule has 2 aromatic carbocycles. The molecular weight excluding hydrogens is 410 g/mol. The van der Waals surface area contributed by atoms with Gasteiger partial charge >= 0.3 is 6.03 Å². The smallest absolute Gasteiger partial charge is 0.325 e. The van der Waals surface area contributed by atoms with Crippen LogP contribution in [0.3, 0.4) is 0 Å². The number of hydrogen-bond donors (Lipinski definition) is 2. The van der Waals surface area contributed by atoms with Crippen LogP contribution in [-0.4, -0.2) is 47.1 Å². The average Bonchev–Trinajstić information content (AvgIpc) is 3.02. The number of nitrogens with one attached hydrogen (secondary N) is 2. The molecule has 1 spiro atoms. The van der Waals surface area contributed by atoms with Gasteiger partial charge in [0.2, 0.25) is 5.91 Å². The molecule has 0 unspecified atom stereocenters. The quantitative estimate of drug-likeness (QED) is 0.395. The van der Waals surface area contributed by atoms with E-state index in [-0.39, 0.29) is 18.4 Å². The van der Waals surface area contributed by atoms with Gasteiger partial charge in [0.15, 0.2) is 0 Å². The maximum atomic E-state index is 13.0. The Hall–Kier alpha value is -2.80. The van der Waals surface area contributed by atoms with Gasteiger partial charge < -0.3 is 10.6 Å². The third-order valence-corrected chi connectivity index (χ3v) is 7.11. The Labute approximate surface area is 186 Å². The zero-order valence-corrected chi connectivity index (χ0v) is 18.2. The average molecular weight is 438 g/mol. The molecular formula is C24H27N3O3S. The van der Waals surface area contributed by atoms with E-state index in [2.05, 4.69) is 22.8 Å². The first-order valence-corrected chi connectivity index (χ1v) is 11.7. The molecule has 1 saturated heterocycles. The van der Waals surface area contributed by atoms with E-state index in [9.17, 15) is 14.4 Å². The lowest BCUT2D eigenvalue weighted by Gasteiger charge is -2.35. The van der Waals surface area contributed by atoms with Crippen molar-refractivity contribution in [1.82, 2.24) is 15.5 Å². The highest BCUT2D eigenvalue weighted by Crippen LogP contribution is 2.40. The fraction of sp³-hybridized carbons (Fsp3) is 0.375. The van der Waals surface area contributed by atoms with E-state index in [0.29, 0.717) is 25.3 Å². The van der Waals surface area contributed by atoms with Crippen LogP contribution in [0.1, 0.15) is 37.2 Å². The van der Waals surface area contributed by atoms with E-state index in [1.165, 1.54) is 5.56 Å². The van der Waals surface area contributed by atoms with Crippen molar-refractivity contribution >= 4 is 29.6 Å². The highest BCUT2D eigenvalue weighted by molar-refractivity contribution is 7.99. The van der Waals surface area contributed by atoms with Crippen LogP contribution >= 0.6 is 11.8 Å². The van der Waals surface area contributed by atoms with E-state index in [1.807, 2.05) is 48.5 Å². The summed E-state index contributed by atoms with van der Waals surface area (Å²) < 4.78 is 0. The van der Waals surface area contributed by atoms with Gasteiger partial charge in [-0.2, -0.15) is 0 Å². The number of imide groups is 1.